The Kier molecular flexibility index (Phi) is 4.21. The van der Waals surface area contributed by atoms with Crippen molar-refractivity contribution in [1.29, 1.82) is 0 Å². The zero-order valence-corrected chi connectivity index (χ0v) is 13.4. The predicted molar refractivity (Wildman–Crippen MR) is 91.4 cm³/mol. The number of nitrogens with one attached hydrogen (secondary N) is 1. The SMILES string of the molecule is CC(C)c1cccc(NC2CC(c3cccc(Cl)c3)C2)c1. The fourth-order valence-electron chi connectivity index (χ4n) is 2.99. The van der Waals surface area contributed by atoms with Gasteiger partial charge in [-0.15, -0.1) is 0 Å². The molecule has 1 nitrogen and oxygen atoms in total. The molecule has 0 heterocycles. The van der Waals surface area contributed by atoms with Crippen molar-refractivity contribution in [2.24, 2.45) is 0 Å². The summed E-state index contributed by atoms with van der Waals surface area (Å²) in [6.07, 6.45) is 2.37. The van der Waals surface area contributed by atoms with Gasteiger partial charge in [0.2, 0.25) is 0 Å². The number of anilines is 1. The van der Waals surface area contributed by atoms with Crippen LogP contribution in [0, 0.1) is 0 Å². The third-order valence-corrected chi connectivity index (χ3v) is 4.62. The molecular weight excluding hydrogens is 278 g/mol. The van der Waals surface area contributed by atoms with E-state index >= 15 is 0 Å². The van der Waals surface area contributed by atoms with E-state index in [2.05, 4.69) is 55.6 Å². The van der Waals surface area contributed by atoms with Gasteiger partial charge < -0.3 is 5.32 Å². The Hall–Kier alpha value is -1.47. The Bertz CT molecular complexity index is 614. The van der Waals surface area contributed by atoms with Crippen LogP contribution in [-0.2, 0) is 0 Å². The molecule has 0 amide bonds. The summed E-state index contributed by atoms with van der Waals surface area (Å²) in [6, 6.07) is 17.6. The minimum absolute atomic E-state index is 0.576. The molecule has 1 N–H and O–H groups in total. The lowest BCUT2D eigenvalue weighted by molar-refractivity contribution is 0.374. The zero-order chi connectivity index (χ0) is 14.8. The molecule has 0 radical (unpaired) electrons. The van der Waals surface area contributed by atoms with E-state index in [1.807, 2.05) is 12.1 Å². The number of halogens is 1. The van der Waals surface area contributed by atoms with Gasteiger partial charge in [0.25, 0.3) is 0 Å². The van der Waals surface area contributed by atoms with E-state index in [-0.39, 0.29) is 0 Å². The largest absolute Gasteiger partial charge is 0.382 e. The smallest absolute Gasteiger partial charge is 0.0408 e. The van der Waals surface area contributed by atoms with Crippen molar-refractivity contribution in [1.82, 2.24) is 0 Å². The highest BCUT2D eigenvalue weighted by atomic mass is 35.5. The number of benzene rings is 2. The molecule has 0 unspecified atom stereocenters. The van der Waals surface area contributed by atoms with E-state index in [1.165, 1.54) is 29.7 Å². The Morgan fingerprint density at radius 1 is 1.05 bits per heavy atom. The van der Waals surface area contributed by atoms with Gasteiger partial charge in [-0.1, -0.05) is 49.7 Å². The summed E-state index contributed by atoms with van der Waals surface area (Å²) in [5.74, 6) is 1.22. The number of hydrogen-bond donors (Lipinski definition) is 1. The second-order valence-corrected chi connectivity index (χ2v) is 6.78. The van der Waals surface area contributed by atoms with Gasteiger partial charge in [0.1, 0.15) is 0 Å². The lowest BCUT2D eigenvalue weighted by Crippen LogP contribution is -2.34. The molecule has 1 saturated carbocycles. The van der Waals surface area contributed by atoms with Crippen LogP contribution >= 0.6 is 11.6 Å². The molecule has 2 aromatic rings. The molecule has 0 aromatic heterocycles. The monoisotopic (exact) mass is 299 g/mol. The first-order valence-corrected chi connectivity index (χ1v) is 8.11. The molecule has 0 bridgehead atoms. The summed E-state index contributed by atoms with van der Waals surface area (Å²) in [6.45, 7) is 4.47. The van der Waals surface area contributed by atoms with Crippen LogP contribution in [0.5, 0.6) is 0 Å². The van der Waals surface area contributed by atoms with Gasteiger partial charge in [-0.25, -0.2) is 0 Å². The van der Waals surface area contributed by atoms with E-state index < -0.39 is 0 Å². The topological polar surface area (TPSA) is 12.0 Å². The van der Waals surface area contributed by atoms with Gasteiger partial charge in [-0.05, 0) is 60.1 Å². The highest BCUT2D eigenvalue weighted by molar-refractivity contribution is 6.30. The van der Waals surface area contributed by atoms with E-state index in [0.717, 1.165) is 5.02 Å². The van der Waals surface area contributed by atoms with Crippen LogP contribution in [0.3, 0.4) is 0 Å². The minimum atomic E-state index is 0.576. The van der Waals surface area contributed by atoms with Crippen molar-refractivity contribution in [3.8, 4) is 0 Å². The first-order chi connectivity index (χ1) is 10.1. The molecule has 110 valence electrons. The second kappa shape index (κ2) is 6.11. The van der Waals surface area contributed by atoms with Crippen LogP contribution in [0.15, 0.2) is 48.5 Å². The second-order valence-electron chi connectivity index (χ2n) is 6.34. The minimum Gasteiger partial charge on any atom is -0.382 e. The Morgan fingerprint density at radius 3 is 2.52 bits per heavy atom. The zero-order valence-electron chi connectivity index (χ0n) is 12.6. The summed E-state index contributed by atoms with van der Waals surface area (Å²) in [5, 5.41) is 4.50. The summed E-state index contributed by atoms with van der Waals surface area (Å²) < 4.78 is 0. The molecule has 0 aliphatic heterocycles. The fourth-order valence-corrected chi connectivity index (χ4v) is 3.19. The van der Waals surface area contributed by atoms with Crippen LogP contribution in [0.2, 0.25) is 5.02 Å². The lowest BCUT2D eigenvalue weighted by atomic mass is 9.76. The van der Waals surface area contributed by atoms with Crippen molar-refractivity contribution in [3.05, 3.63) is 64.7 Å². The quantitative estimate of drug-likeness (QED) is 0.750. The van der Waals surface area contributed by atoms with Gasteiger partial charge in [-0.3, -0.25) is 0 Å². The summed E-state index contributed by atoms with van der Waals surface area (Å²) in [4.78, 5) is 0. The van der Waals surface area contributed by atoms with Gasteiger partial charge in [-0.2, -0.15) is 0 Å². The van der Waals surface area contributed by atoms with Gasteiger partial charge in [0, 0.05) is 16.8 Å². The fraction of sp³-hybridized carbons (Fsp3) is 0.368. The maximum atomic E-state index is 6.07. The van der Waals surface area contributed by atoms with E-state index in [4.69, 9.17) is 11.6 Å². The molecule has 3 rings (SSSR count). The van der Waals surface area contributed by atoms with Gasteiger partial charge in [0.05, 0.1) is 0 Å². The van der Waals surface area contributed by atoms with Crippen molar-refractivity contribution in [3.63, 3.8) is 0 Å². The van der Waals surface area contributed by atoms with Crippen LogP contribution in [0.4, 0.5) is 5.69 Å². The average molecular weight is 300 g/mol. The van der Waals surface area contributed by atoms with Crippen LogP contribution in [0.1, 0.15) is 49.7 Å². The highest BCUT2D eigenvalue weighted by Crippen LogP contribution is 2.39. The molecule has 2 heteroatoms. The molecule has 2 aromatic carbocycles. The first kappa shape index (κ1) is 14.5. The molecule has 1 aliphatic carbocycles. The maximum Gasteiger partial charge on any atom is 0.0408 e. The van der Waals surface area contributed by atoms with E-state index in [0.29, 0.717) is 17.9 Å². The normalized spacial score (nSPS) is 21.1. The summed E-state index contributed by atoms with van der Waals surface area (Å²) in [5.41, 5.74) is 4.01. The molecule has 21 heavy (non-hydrogen) atoms. The third kappa shape index (κ3) is 3.41. The molecule has 0 atom stereocenters. The lowest BCUT2D eigenvalue weighted by Gasteiger charge is -2.37. The Morgan fingerprint density at radius 2 is 1.81 bits per heavy atom. The molecule has 0 spiro atoms. The van der Waals surface area contributed by atoms with Crippen molar-refractivity contribution in [2.45, 2.75) is 44.6 Å². The van der Waals surface area contributed by atoms with Crippen molar-refractivity contribution in [2.75, 3.05) is 5.32 Å². The average Bonchev–Trinajstić information content (AvgIpc) is 2.42. The molecule has 1 fully saturated rings. The molecular formula is C19H22ClN. The molecule has 1 aliphatic rings. The van der Waals surface area contributed by atoms with Crippen molar-refractivity contribution >= 4 is 17.3 Å². The van der Waals surface area contributed by atoms with E-state index in [1.54, 1.807) is 0 Å². The maximum absolute atomic E-state index is 6.07. The number of hydrogen-bond acceptors (Lipinski definition) is 1. The van der Waals surface area contributed by atoms with E-state index in [9.17, 15) is 0 Å². The third-order valence-electron chi connectivity index (χ3n) is 4.38. The van der Waals surface area contributed by atoms with Gasteiger partial charge >= 0.3 is 0 Å². The summed E-state index contributed by atoms with van der Waals surface area (Å²) >= 11 is 6.07. The van der Waals surface area contributed by atoms with Crippen LogP contribution in [0.25, 0.3) is 0 Å². The molecule has 0 saturated heterocycles. The van der Waals surface area contributed by atoms with Crippen molar-refractivity contribution < 1.29 is 0 Å². The van der Waals surface area contributed by atoms with Crippen LogP contribution in [-0.4, -0.2) is 6.04 Å². The Labute approximate surface area is 132 Å². The van der Waals surface area contributed by atoms with Crippen LogP contribution < -0.4 is 5.32 Å². The predicted octanol–water partition coefficient (Wildman–Crippen LogP) is 5.82. The highest BCUT2D eigenvalue weighted by Gasteiger charge is 2.30. The standard InChI is InChI=1S/C19H22ClN/c1-13(2)14-5-4-8-18(10-14)21-19-11-16(12-19)15-6-3-7-17(20)9-15/h3-10,13,16,19,21H,11-12H2,1-2H3. The number of rotatable bonds is 4. The first-order valence-electron chi connectivity index (χ1n) is 7.74. The van der Waals surface area contributed by atoms with Gasteiger partial charge in [0.15, 0.2) is 0 Å². The Balaban J connectivity index is 1.59. The summed E-state index contributed by atoms with van der Waals surface area (Å²) in [7, 11) is 0.